The van der Waals surface area contributed by atoms with Crippen LogP contribution in [-0.2, 0) is 11.2 Å². The maximum Gasteiger partial charge on any atom is 0.223 e. The van der Waals surface area contributed by atoms with Crippen molar-refractivity contribution in [3.8, 4) is 0 Å². The molecule has 3 nitrogen and oxygen atoms in total. The Bertz CT molecular complexity index is 441. The molecule has 0 bridgehead atoms. The first-order chi connectivity index (χ1) is 9.06. The number of hydrogen-bond acceptors (Lipinski definition) is 2. The predicted molar refractivity (Wildman–Crippen MR) is 68.6 cm³/mol. The molecule has 1 atom stereocenters. The first-order valence-electron chi connectivity index (χ1n) is 6.49. The van der Waals surface area contributed by atoms with E-state index in [1.54, 1.807) is 0 Å². The Labute approximate surface area is 111 Å². The van der Waals surface area contributed by atoms with Gasteiger partial charge in [0.2, 0.25) is 5.91 Å². The average Bonchev–Trinajstić information content (AvgIpc) is 2.25. The standard InChI is InChI=1S/C14H18F2N2O/c1-9(11-7-17-8-11)14(19)18-3-2-10-4-12(15)6-13(16)5-10/h4-6,9,11,17H,2-3,7-8H2,1H3,(H,18,19). The maximum atomic E-state index is 13.0. The van der Waals surface area contributed by atoms with Crippen LogP contribution >= 0.6 is 0 Å². The topological polar surface area (TPSA) is 41.1 Å². The Morgan fingerprint density at radius 3 is 2.53 bits per heavy atom. The summed E-state index contributed by atoms with van der Waals surface area (Å²) in [4.78, 5) is 11.8. The molecule has 1 saturated heterocycles. The molecular weight excluding hydrogens is 250 g/mol. The molecule has 0 aliphatic carbocycles. The van der Waals surface area contributed by atoms with Crippen molar-refractivity contribution in [1.29, 1.82) is 0 Å². The zero-order valence-corrected chi connectivity index (χ0v) is 10.9. The van der Waals surface area contributed by atoms with Crippen LogP contribution in [0.25, 0.3) is 0 Å². The van der Waals surface area contributed by atoms with Gasteiger partial charge in [-0.05, 0) is 43.1 Å². The van der Waals surface area contributed by atoms with Gasteiger partial charge in [-0.3, -0.25) is 4.79 Å². The summed E-state index contributed by atoms with van der Waals surface area (Å²) < 4.78 is 25.9. The van der Waals surface area contributed by atoms with E-state index in [2.05, 4.69) is 10.6 Å². The fraction of sp³-hybridized carbons (Fsp3) is 0.500. The normalized spacial score (nSPS) is 16.8. The zero-order valence-electron chi connectivity index (χ0n) is 10.9. The van der Waals surface area contributed by atoms with Crippen molar-refractivity contribution in [3.05, 3.63) is 35.4 Å². The first kappa shape index (κ1) is 13.9. The van der Waals surface area contributed by atoms with Gasteiger partial charge in [0.25, 0.3) is 0 Å². The molecule has 1 fully saturated rings. The lowest BCUT2D eigenvalue weighted by Gasteiger charge is -2.31. The number of rotatable bonds is 5. The molecule has 0 spiro atoms. The van der Waals surface area contributed by atoms with E-state index in [9.17, 15) is 13.6 Å². The number of carbonyl (C=O) groups excluding carboxylic acids is 1. The van der Waals surface area contributed by atoms with E-state index < -0.39 is 11.6 Å². The van der Waals surface area contributed by atoms with E-state index in [4.69, 9.17) is 0 Å². The lowest BCUT2D eigenvalue weighted by Crippen LogP contribution is -2.49. The molecule has 2 N–H and O–H groups in total. The van der Waals surface area contributed by atoms with Crippen LogP contribution in [0.1, 0.15) is 12.5 Å². The van der Waals surface area contributed by atoms with Crippen LogP contribution in [0.2, 0.25) is 0 Å². The molecule has 1 aliphatic rings. The quantitative estimate of drug-likeness (QED) is 0.849. The summed E-state index contributed by atoms with van der Waals surface area (Å²) in [5.41, 5.74) is 0.552. The van der Waals surface area contributed by atoms with Crippen molar-refractivity contribution in [2.75, 3.05) is 19.6 Å². The van der Waals surface area contributed by atoms with Gasteiger partial charge in [-0.1, -0.05) is 6.92 Å². The molecule has 19 heavy (non-hydrogen) atoms. The van der Waals surface area contributed by atoms with Gasteiger partial charge < -0.3 is 10.6 Å². The first-order valence-corrected chi connectivity index (χ1v) is 6.49. The van der Waals surface area contributed by atoms with Crippen LogP contribution in [0.4, 0.5) is 8.78 Å². The van der Waals surface area contributed by atoms with Gasteiger partial charge in [0.15, 0.2) is 0 Å². The van der Waals surface area contributed by atoms with E-state index in [-0.39, 0.29) is 11.8 Å². The fourth-order valence-corrected chi connectivity index (χ4v) is 2.12. The fourth-order valence-electron chi connectivity index (χ4n) is 2.12. The summed E-state index contributed by atoms with van der Waals surface area (Å²) in [5.74, 6) is -0.800. The van der Waals surface area contributed by atoms with Crippen LogP contribution in [0, 0.1) is 23.5 Å². The van der Waals surface area contributed by atoms with Crippen molar-refractivity contribution >= 4 is 5.91 Å². The highest BCUT2D eigenvalue weighted by Gasteiger charge is 2.28. The molecule has 2 rings (SSSR count). The van der Waals surface area contributed by atoms with Gasteiger partial charge in [-0.15, -0.1) is 0 Å². The summed E-state index contributed by atoms with van der Waals surface area (Å²) >= 11 is 0. The van der Waals surface area contributed by atoms with Crippen molar-refractivity contribution < 1.29 is 13.6 Å². The number of amides is 1. The number of nitrogens with one attached hydrogen (secondary N) is 2. The van der Waals surface area contributed by atoms with E-state index in [1.165, 1.54) is 12.1 Å². The van der Waals surface area contributed by atoms with E-state index in [0.29, 0.717) is 24.4 Å². The van der Waals surface area contributed by atoms with Crippen molar-refractivity contribution in [3.63, 3.8) is 0 Å². The number of carbonyl (C=O) groups is 1. The van der Waals surface area contributed by atoms with Crippen LogP contribution < -0.4 is 10.6 Å². The molecule has 1 unspecified atom stereocenters. The molecule has 104 valence electrons. The van der Waals surface area contributed by atoms with Gasteiger partial charge in [-0.25, -0.2) is 8.78 Å². The molecule has 1 aromatic rings. The van der Waals surface area contributed by atoms with E-state index in [1.807, 2.05) is 6.92 Å². The highest BCUT2D eigenvalue weighted by Crippen LogP contribution is 2.15. The van der Waals surface area contributed by atoms with Crippen LogP contribution in [0.3, 0.4) is 0 Å². The van der Waals surface area contributed by atoms with E-state index >= 15 is 0 Å². The van der Waals surface area contributed by atoms with Gasteiger partial charge in [0.05, 0.1) is 0 Å². The van der Waals surface area contributed by atoms with Gasteiger partial charge >= 0.3 is 0 Å². The highest BCUT2D eigenvalue weighted by molar-refractivity contribution is 5.78. The number of benzene rings is 1. The third-order valence-electron chi connectivity index (χ3n) is 3.57. The molecule has 0 aromatic heterocycles. The lowest BCUT2D eigenvalue weighted by molar-refractivity contribution is -0.126. The molecule has 0 saturated carbocycles. The number of hydrogen-bond donors (Lipinski definition) is 2. The Hall–Kier alpha value is -1.49. The maximum absolute atomic E-state index is 13.0. The lowest BCUT2D eigenvalue weighted by atomic mass is 9.88. The summed E-state index contributed by atoms with van der Waals surface area (Å²) in [7, 11) is 0. The SMILES string of the molecule is CC(C(=O)NCCc1cc(F)cc(F)c1)C1CNC1. The summed E-state index contributed by atoms with van der Waals surface area (Å²) in [6.07, 6.45) is 0.427. The Morgan fingerprint density at radius 1 is 1.37 bits per heavy atom. The van der Waals surface area contributed by atoms with E-state index in [0.717, 1.165) is 19.2 Å². The Kier molecular flexibility index (Phi) is 4.47. The second-order valence-corrected chi connectivity index (χ2v) is 5.03. The third kappa shape index (κ3) is 3.73. The molecule has 0 radical (unpaired) electrons. The predicted octanol–water partition coefficient (Wildman–Crippen LogP) is 1.48. The van der Waals surface area contributed by atoms with Crippen LogP contribution in [0.15, 0.2) is 18.2 Å². The minimum atomic E-state index is -0.588. The highest BCUT2D eigenvalue weighted by atomic mass is 19.1. The van der Waals surface area contributed by atoms with Gasteiger partial charge in [0.1, 0.15) is 11.6 Å². The van der Waals surface area contributed by atoms with Crippen LogP contribution in [0.5, 0.6) is 0 Å². The van der Waals surface area contributed by atoms with Crippen molar-refractivity contribution in [2.45, 2.75) is 13.3 Å². The van der Waals surface area contributed by atoms with Gasteiger partial charge in [0, 0.05) is 18.5 Å². The zero-order chi connectivity index (χ0) is 13.8. The summed E-state index contributed by atoms with van der Waals surface area (Å²) in [6.45, 7) is 4.06. The number of halogens is 2. The van der Waals surface area contributed by atoms with Crippen LogP contribution in [-0.4, -0.2) is 25.5 Å². The minimum Gasteiger partial charge on any atom is -0.356 e. The Morgan fingerprint density at radius 2 is 2.00 bits per heavy atom. The Balaban J connectivity index is 1.77. The average molecular weight is 268 g/mol. The molecule has 5 heteroatoms. The summed E-state index contributed by atoms with van der Waals surface area (Å²) in [5, 5.41) is 5.94. The second-order valence-electron chi connectivity index (χ2n) is 5.03. The molecule has 1 aliphatic heterocycles. The third-order valence-corrected chi connectivity index (χ3v) is 3.57. The monoisotopic (exact) mass is 268 g/mol. The largest absolute Gasteiger partial charge is 0.356 e. The molecule has 1 amide bonds. The smallest absolute Gasteiger partial charge is 0.223 e. The van der Waals surface area contributed by atoms with Crippen molar-refractivity contribution in [1.82, 2.24) is 10.6 Å². The molecule has 1 heterocycles. The minimum absolute atomic E-state index is 0.00313. The second kappa shape index (κ2) is 6.10. The molecular formula is C14H18F2N2O. The molecule has 1 aromatic carbocycles. The van der Waals surface area contributed by atoms with Gasteiger partial charge in [-0.2, -0.15) is 0 Å². The van der Waals surface area contributed by atoms with Crippen molar-refractivity contribution in [2.24, 2.45) is 11.8 Å². The summed E-state index contributed by atoms with van der Waals surface area (Å²) in [6, 6.07) is 3.41.